The SMILES string of the molecule is Nc1c(F)ccc(NC(=O)c2cc(NC(=O)[C@H]3[C@@H](c4cc(Cl)cc(S(F)(F)(F)(F)F)c4)C3(Cl)Cl)ccc2Cl)c1F. The van der Waals surface area contributed by atoms with Crippen molar-refractivity contribution in [1.29, 1.82) is 0 Å². The van der Waals surface area contributed by atoms with Crippen LogP contribution in [0.5, 0.6) is 0 Å². The van der Waals surface area contributed by atoms with E-state index in [-0.39, 0.29) is 28.4 Å². The molecule has 216 valence electrons. The highest BCUT2D eigenvalue weighted by molar-refractivity contribution is 8.45. The smallest absolute Gasteiger partial charge is 0.310 e. The van der Waals surface area contributed by atoms with Crippen LogP contribution in [0.25, 0.3) is 0 Å². The van der Waals surface area contributed by atoms with Crippen LogP contribution in [0.2, 0.25) is 10.0 Å². The van der Waals surface area contributed by atoms with E-state index in [0.29, 0.717) is 0 Å². The number of nitrogens with one attached hydrogen (secondary N) is 2. The van der Waals surface area contributed by atoms with Crippen molar-refractivity contribution in [1.82, 2.24) is 0 Å². The molecule has 2 amide bonds. The Balaban J connectivity index is 1.57. The Kier molecular flexibility index (Phi) is 7.00. The summed E-state index contributed by atoms with van der Waals surface area (Å²) in [5, 5.41) is 3.71. The molecule has 1 aliphatic carbocycles. The van der Waals surface area contributed by atoms with Gasteiger partial charge in [0.05, 0.1) is 22.2 Å². The maximum Gasteiger partial charge on any atom is 0.310 e. The molecule has 1 fully saturated rings. The van der Waals surface area contributed by atoms with Gasteiger partial charge in [0.15, 0.2) is 5.82 Å². The lowest BCUT2D eigenvalue weighted by molar-refractivity contribution is -0.117. The van der Waals surface area contributed by atoms with Gasteiger partial charge in [-0.3, -0.25) is 9.59 Å². The topological polar surface area (TPSA) is 84.2 Å². The molecule has 1 saturated carbocycles. The van der Waals surface area contributed by atoms with Crippen LogP contribution in [0.1, 0.15) is 21.8 Å². The van der Waals surface area contributed by atoms with Gasteiger partial charge >= 0.3 is 10.2 Å². The number of benzene rings is 3. The first kappa shape index (κ1) is 30.4. The molecule has 2 atom stereocenters. The Morgan fingerprint density at radius 1 is 0.900 bits per heavy atom. The molecule has 4 rings (SSSR count). The lowest BCUT2D eigenvalue weighted by atomic mass is 10.1. The van der Waals surface area contributed by atoms with Crippen molar-refractivity contribution in [2.75, 3.05) is 16.4 Å². The van der Waals surface area contributed by atoms with Gasteiger partial charge in [-0.2, -0.15) is 0 Å². The predicted octanol–water partition coefficient (Wildman–Crippen LogP) is 9.29. The number of anilines is 3. The van der Waals surface area contributed by atoms with Crippen molar-refractivity contribution < 1.29 is 37.8 Å². The van der Waals surface area contributed by atoms with E-state index in [2.05, 4.69) is 10.6 Å². The van der Waals surface area contributed by atoms with E-state index in [1.165, 1.54) is 12.1 Å². The number of hydrogen-bond acceptors (Lipinski definition) is 3. The van der Waals surface area contributed by atoms with Gasteiger partial charge in [-0.15, -0.1) is 23.2 Å². The van der Waals surface area contributed by atoms with E-state index >= 15 is 0 Å². The molecule has 1 aliphatic rings. The number of halogens is 11. The highest BCUT2D eigenvalue weighted by Crippen LogP contribution is 3.02. The molecular weight excluding hydrogens is 657 g/mol. The highest BCUT2D eigenvalue weighted by atomic mass is 35.5. The molecule has 0 saturated heterocycles. The fourth-order valence-corrected chi connectivity index (χ4v) is 5.96. The molecule has 0 spiro atoms. The Morgan fingerprint density at radius 2 is 1.55 bits per heavy atom. The van der Waals surface area contributed by atoms with E-state index < -0.39 is 76.7 Å². The second-order valence-electron chi connectivity index (χ2n) is 8.78. The quantitative estimate of drug-likeness (QED) is 0.139. The standard InChI is InChI=1S/C23H14Cl4F7N3O2S/c24-10-5-9(6-12(7-10)40(30,31,32,33)34)17-18(23(17,26)27)22(39)36-11-1-2-14(25)13(8-11)21(38)37-16-4-3-15(28)20(35)19(16)29/h1-8,17-18H,35H2,(H,36,39)(H,37,38)/t17-,18-/m1/s1. The summed E-state index contributed by atoms with van der Waals surface area (Å²) in [7, 11) is -10.1. The number of hydrogen-bond donors (Lipinski definition) is 3. The van der Waals surface area contributed by atoms with E-state index in [1.807, 2.05) is 0 Å². The molecule has 0 heterocycles. The first-order chi connectivity index (χ1) is 18.1. The van der Waals surface area contributed by atoms with E-state index in [1.54, 1.807) is 0 Å². The van der Waals surface area contributed by atoms with Crippen molar-refractivity contribution >= 4 is 85.5 Å². The van der Waals surface area contributed by atoms with E-state index in [4.69, 9.17) is 52.1 Å². The van der Waals surface area contributed by atoms with Crippen LogP contribution in [-0.4, -0.2) is 16.1 Å². The van der Waals surface area contributed by atoms with E-state index in [0.717, 1.165) is 24.3 Å². The average Bonchev–Trinajstić information content (AvgIpc) is 3.40. The van der Waals surface area contributed by atoms with Crippen molar-refractivity contribution in [2.45, 2.75) is 15.1 Å². The zero-order valence-electron chi connectivity index (χ0n) is 19.2. The van der Waals surface area contributed by atoms with Crippen molar-refractivity contribution in [3.8, 4) is 0 Å². The number of nitrogen functional groups attached to an aromatic ring is 1. The van der Waals surface area contributed by atoms with Gasteiger partial charge in [0.25, 0.3) is 5.91 Å². The Hall–Kier alpha value is -2.58. The monoisotopic (exact) mass is 669 g/mol. The van der Waals surface area contributed by atoms with Gasteiger partial charge in [0.2, 0.25) is 5.91 Å². The lowest BCUT2D eigenvalue weighted by Gasteiger charge is -2.40. The first-order valence-corrected chi connectivity index (χ1v) is 14.1. The molecule has 0 aromatic heterocycles. The van der Waals surface area contributed by atoms with Gasteiger partial charge in [0, 0.05) is 16.6 Å². The van der Waals surface area contributed by atoms with Crippen LogP contribution >= 0.6 is 56.6 Å². The van der Waals surface area contributed by atoms with Gasteiger partial charge < -0.3 is 16.4 Å². The predicted molar refractivity (Wildman–Crippen MR) is 142 cm³/mol. The molecule has 3 aromatic carbocycles. The molecular formula is C23H14Cl4F7N3O2S. The van der Waals surface area contributed by atoms with Crippen LogP contribution in [0.4, 0.5) is 45.3 Å². The molecule has 3 aromatic rings. The molecule has 40 heavy (non-hydrogen) atoms. The molecule has 0 aliphatic heterocycles. The van der Waals surface area contributed by atoms with Gasteiger partial charge in [0.1, 0.15) is 20.7 Å². The minimum Gasteiger partial charge on any atom is -0.394 e. The Morgan fingerprint density at radius 3 is 2.17 bits per heavy atom. The number of nitrogens with two attached hydrogens (primary N) is 1. The minimum atomic E-state index is -10.1. The summed E-state index contributed by atoms with van der Waals surface area (Å²) in [5.74, 6) is -6.95. The number of carbonyl (C=O) groups excluding carboxylic acids is 2. The molecule has 5 nitrogen and oxygen atoms in total. The fraction of sp³-hybridized carbons (Fsp3) is 0.130. The van der Waals surface area contributed by atoms with Gasteiger partial charge in [-0.1, -0.05) is 42.6 Å². The summed E-state index contributed by atoms with van der Waals surface area (Å²) in [5.41, 5.74) is 3.20. The molecule has 0 bridgehead atoms. The van der Waals surface area contributed by atoms with Crippen LogP contribution in [0.15, 0.2) is 53.4 Å². The van der Waals surface area contributed by atoms with Crippen molar-refractivity contribution in [3.05, 3.63) is 81.3 Å². The molecule has 0 unspecified atom stereocenters. The third-order valence-corrected chi connectivity index (χ3v) is 8.50. The van der Waals surface area contributed by atoms with Crippen LogP contribution in [0.3, 0.4) is 0 Å². The molecule has 17 heteroatoms. The van der Waals surface area contributed by atoms with Crippen molar-refractivity contribution in [2.24, 2.45) is 5.92 Å². The lowest BCUT2D eigenvalue weighted by Crippen LogP contribution is -2.18. The normalized spacial score (nSPS) is 19.8. The Bertz CT molecular complexity index is 1590. The highest BCUT2D eigenvalue weighted by Gasteiger charge is 2.69. The number of rotatable bonds is 6. The second kappa shape index (κ2) is 9.21. The largest absolute Gasteiger partial charge is 0.394 e. The maximum atomic E-state index is 14.2. The van der Waals surface area contributed by atoms with E-state index in [9.17, 15) is 37.8 Å². The zero-order chi connectivity index (χ0) is 30.1. The summed E-state index contributed by atoms with van der Waals surface area (Å²) in [4.78, 5) is 23.3. The number of alkyl halides is 2. The van der Waals surface area contributed by atoms with Crippen LogP contribution < -0.4 is 16.4 Å². The van der Waals surface area contributed by atoms with Gasteiger partial charge in [-0.25, -0.2) is 8.78 Å². The van der Waals surface area contributed by atoms with Crippen LogP contribution in [0, 0.1) is 17.6 Å². The Labute approximate surface area is 241 Å². The van der Waals surface area contributed by atoms with Crippen molar-refractivity contribution in [3.63, 3.8) is 0 Å². The van der Waals surface area contributed by atoms with Crippen LogP contribution in [-0.2, 0) is 4.79 Å². The summed E-state index contributed by atoms with van der Waals surface area (Å²) < 4.78 is 92.4. The third-order valence-electron chi connectivity index (χ3n) is 5.89. The minimum absolute atomic E-state index is 0.0562. The number of amides is 2. The van der Waals surface area contributed by atoms with Gasteiger partial charge in [-0.05, 0) is 54.1 Å². The first-order valence-electron chi connectivity index (χ1n) is 10.7. The summed E-state index contributed by atoms with van der Waals surface area (Å²) >= 11 is 24.0. The molecule has 4 N–H and O–H groups in total. The summed E-state index contributed by atoms with van der Waals surface area (Å²) in [6.07, 6.45) is 0. The zero-order valence-corrected chi connectivity index (χ0v) is 23.1. The summed E-state index contributed by atoms with van der Waals surface area (Å²) in [6, 6.07) is 6.38. The maximum absolute atomic E-state index is 14.2. The number of carbonyl (C=O) groups is 2. The third kappa shape index (κ3) is 6.03. The second-order valence-corrected chi connectivity index (χ2v) is 13.5. The fourth-order valence-electron chi connectivity index (χ4n) is 3.91. The summed E-state index contributed by atoms with van der Waals surface area (Å²) in [6.45, 7) is 0. The molecule has 0 radical (unpaired) electrons. The average molecular weight is 671 g/mol.